The first-order chi connectivity index (χ1) is 8.76. The Balaban J connectivity index is 2.18. The zero-order valence-electron chi connectivity index (χ0n) is 10.6. The zero-order chi connectivity index (χ0) is 13.0. The maximum absolute atomic E-state index is 13.7. The van der Waals surface area contributed by atoms with Crippen LogP contribution >= 0.6 is 11.8 Å². The van der Waals surface area contributed by atoms with Crippen LogP contribution in [0.3, 0.4) is 0 Å². The highest BCUT2D eigenvalue weighted by Crippen LogP contribution is 2.26. The predicted octanol–water partition coefficient (Wildman–Crippen LogP) is 1.88. The van der Waals surface area contributed by atoms with Crippen molar-refractivity contribution in [2.75, 3.05) is 38.2 Å². The molecule has 3 nitrogen and oxygen atoms in total. The Morgan fingerprint density at radius 2 is 2.17 bits per heavy atom. The Morgan fingerprint density at radius 1 is 1.44 bits per heavy atom. The summed E-state index contributed by atoms with van der Waals surface area (Å²) in [5, 5.41) is 0. The van der Waals surface area contributed by atoms with Crippen molar-refractivity contribution in [2.24, 2.45) is 5.73 Å². The normalized spacial score (nSPS) is 18.6. The Morgan fingerprint density at radius 3 is 2.72 bits per heavy atom. The van der Waals surface area contributed by atoms with Crippen molar-refractivity contribution >= 4 is 11.8 Å². The fraction of sp³-hybridized carbons (Fsp3) is 0.538. The van der Waals surface area contributed by atoms with E-state index in [2.05, 4.69) is 4.90 Å². The highest BCUT2D eigenvalue weighted by molar-refractivity contribution is 7.99. The van der Waals surface area contributed by atoms with Gasteiger partial charge in [-0.3, -0.25) is 4.90 Å². The summed E-state index contributed by atoms with van der Waals surface area (Å²) in [6.45, 7) is 2.54. The summed E-state index contributed by atoms with van der Waals surface area (Å²) in [6, 6.07) is 5.22. The summed E-state index contributed by atoms with van der Waals surface area (Å²) >= 11 is 1.95. The molecule has 0 bridgehead atoms. The van der Waals surface area contributed by atoms with E-state index < -0.39 is 0 Å². The molecular weight excluding hydrogens is 251 g/mol. The van der Waals surface area contributed by atoms with E-state index in [-0.39, 0.29) is 17.6 Å². The molecule has 1 aromatic carbocycles. The lowest BCUT2D eigenvalue weighted by molar-refractivity contribution is 0.222. The summed E-state index contributed by atoms with van der Waals surface area (Å²) in [6.07, 6.45) is 0. The first kappa shape index (κ1) is 13.6. The quantitative estimate of drug-likeness (QED) is 0.906. The Hall–Kier alpha value is -0.780. The monoisotopic (exact) mass is 270 g/mol. The number of benzene rings is 1. The third kappa shape index (κ3) is 2.96. The maximum Gasteiger partial charge on any atom is 0.165 e. The molecule has 1 fully saturated rings. The average Bonchev–Trinajstić information content (AvgIpc) is 2.41. The molecule has 0 amide bonds. The summed E-state index contributed by atoms with van der Waals surface area (Å²) in [5.41, 5.74) is 6.79. The summed E-state index contributed by atoms with van der Waals surface area (Å²) in [7, 11) is 1.47. The van der Waals surface area contributed by atoms with Crippen molar-refractivity contribution in [3.05, 3.63) is 29.6 Å². The van der Waals surface area contributed by atoms with Gasteiger partial charge in [-0.2, -0.15) is 11.8 Å². The van der Waals surface area contributed by atoms with Crippen molar-refractivity contribution < 1.29 is 9.13 Å². The molecular formula is C13H19FN2OS. The van der Waals surface area contributed by atoms with E-state index in [0.717, 1.165) is 30.2 Å². The largest absolute Gasteiger partial charge is 0.494 e. The van der Waals surface area contributed by atoms with Gasteiger partial charge in [0.25, 0.3) is 0 Å². The van der Waals surface area contributed by atoms with Crippen LogP contribution in [0, 0.1) is 5.82 Å². The number of ether oxygens (including phenoxy) is 1. The molecule has 1 aromatic rings. The molecule has 100 valence electrons. The number of methoxy groups -OCH3 is 1. The van der Waals surface area contributed by atoms with Crippen molar-refractivity contribution in [2.45, 2.75) is 6.04 Å². The van der Waals surface area contributed by atoms with Crippen LogP contribution in [0.5, 0.6) is 5.75 Å². The third-order valence-corrected chi connectivity index (χ3v) is 4.21. The predicted molar refractivity (Wildman–Crippen MR) is 73.6 cm³/mol. The molecule has 0 aliphatic carbocycles. The Kier molecular flexibility index (Phi) is 4.86. The minimum atomic E-state index is -0.320. The number of thioether (sulfide) groups is 1. The van der Waals surface area contributed by atoms with E-state index >= 15 is 0 Å². The van der Waals surface area contributed by atoms with Gasteiger partial charge in [-0.1, -0.05) is 6.07 Å². The summed E-state index contributed by atoms with van der Waals surface area (Å²) in [5.74, 6) is 2.20. The van der Waals surface area contributed by atoms with Crippen LogP contribution < -0.4 is 10.5 Å². The van der Waals surface area contributed by atoms with Gasteiger partial charge in [-0.05, 0) is 17.7 Å². The first-order valence-electron chi connectivity index (χ1n) is 6.11. The van der Waals surface area contributed by atoms with Gasteiger partial charge >= 0.3 is 0 Å². The second-order valence-corrected chi connectivity index (χ2v) is 5.52. The fourth-order valence-corrected chi connectivity index (χ4v) is 3.21. The molecule has 1 heterocycles. The van der Waals surface area contributed by atoms with Crippen molar-refractivity contribution in [1.82, 2.24) is 4.90 Å². The first-order valence-corrected chi connectivity index (χ1v) is 7.27. The molecule has 1 aliphatic heterocycles. The van der Waals surface area contributed by atoms with E-state index in [4.69, 9.17) is 10.5 Å². The van der Waals surface area contributed by atoms with Gasteiger partial charge in [-0.25, -0.2) is 4.39 Å². The van der Waals surface area contributed by atoms with Gasteiger partial charge in [-0.15, -0.1) is 0 Å². The van der Waals surface area contributed by atoms with E-state index in [1.54, 1.807) is 6.07 Å². The highest BCUT2D eigenvalue weighted by atomic mass is 32.2. The zero-order valence-corrected chi connectivity index (χ0v) is 11.4. The van der Waals surface area contributed by atoms with Crippen LogP contribution in [0.25, 0.3) is 0 Å². The fourth-order valence-electron chi connectivity index (χ4n) is 2.28. The van der Waals surface area contributed by atoms with Gasteiger partial charge in [0.15, 0.2) is 11.6 Å². The van der Waals surface area contributed by atoms with Gasteiger partial charge < -0.3 is 10.5 Å². The van der Waals surface area contributed by atoms with E-state index in [9.17, 15) is 4.39 Å². The van der Waals surface area contributed by atoms with Gasteiger partial charge in [0.05, 0.1) is 7.11 Å². The number of rotatable bonds is 4. The summed E-state index contributed by atoms with van der Waals surface area (Å²) < 4.78 is 18.7. The average molecular weight is 270 g/mol. The lowest BCUT2D eigenvalue weighted by Gasteiger charge is -2.34. The topological polar surface area (TPSA) is 38.5 Å². The highest BCUT2D eigenvalue weighted by Gasteiger charge is 2.22. The van der Waals surface area contributed by atoms with Gasteiger partial charge in [0, 0.05) is 37.2 Å². The van der Waals surface area contributed by atoms with Crippen LogP contribution in [-0.2, 0) is 0 Å². The molecule has 0 radical (unpaired) electrons. The van der Waals surface area contributed by atoms with Crippen LogP contribution in [-0.4, -0.2) is 43.1 Å². The van der Waals surface area contributed by atoms with Crippen LogP contribution in [0.15, 0.2) is 18.2 Å². The number of halogens is 1. The molecule has 1 aliphatic rings. The van der Waals surface area contributed by atoms with Gasteiger partial charge in [0.1, 0.15) is 0 Å². The van der Waals surface area contributed by atoms with Crippen LogP contribution in [0.2, 0.25) is 0 Å². The van der Waals surface area contributed by atoms with E-state index in [0.29, 0.717) is 6.54 Å². The third-order valence-electron chi connectivity index (χ3n) is 3.27. The van der Waals surface area contributed by atoms with Crippen molar-refractivity contribution in [1.29, 1.82) is 0 Å². The van der Waals surface area contributed by atoms with Crippen LogP contribution in [0.4, 0.5) is 4.39 Å². The Labute approximate surface area is 111 Å². The minimum absolute atomic E-state index is 0.103. The summed E-state index contributed by atoms with van der Waals surface area (Å²) in [4.78, 5) is 2.33. The van der Waals surface area contributed by atoms with Gasteiger partial charge in [0.2, 0.25) is 0 Å². The molecule has 1 atom stereocenters. The second kappa shape index (κ2) is 6.41. The Bertz CT molecular complexity index is 397. The van der Waals surface area contributed by atoms with Crippen molar-refractivity contribution in [3.63, 3.8) is 0 Å². The number of nitrogens with two attached hydrogens (primary N) is 1. The number of hydrogen-bond acceptors (Lipinski definition) is 4. The maximum atomic E-state index is 13.7. The second-order valence-electron chi connectivity index (χ2n) is 4.29. The molecule has 1 saturated heterocycles. The SMILES string of the molecule is COc1ccc(C(CN)N2CCSCC2)cc1F. The molecule has 1 unspecified atom stereocenters. The molecule has 0 aromatic heterocycles. The lowest BCUT2D eigenvalue weighted by atomic mass is 10.0. The molecule has 18 heavy (non-hydrogen) atoms. The number of hydrogen-bond donors (Lipinski definition) is 1. The van der Waals surface area contributed by atoms with E-state index in [1.807, 2.05) is 17.8 Å². The van der Waals surface area contributed by atoms with Crippen molar-refractivity contribution in [3.8, 4) is 5.75 Å². The lowest BCUT2D eigenvalue weighted by Crippen LogP contribution is -2.39. The smallest absolute Gasteiger partial charge is 0.165 e. The number of nitrogens with zero attached hydrogens (tertiary/aromatic N) is 1. The molecule has 5 heteroatoms. The van der Waals surface area contributed by atoms with E-state index in [1.165, 1.54) is 13.2 Å². The standard InChI is InChI=1S/C13H19FN2OS/c1-17-13-3-2-10(8-11(13)14)12(9-15)16-4-6-18-7-5-16/h2-3,8,12H,4-7,9,15H2,1H3. The molecule has 2 N–H and O–H groups in total. The molecule has 0 spiro atoms. The molecule has 2 rings (SSSR count). The molecule has 0 saturated carbocycles. The van der Waals surface area contributed by atoms with Crippen LogP contribution in [0.1, 0.15) is 11.6 Å². The minimum Gasteiger partial charge on any atom is -0.494 e.